The summed E-state index contributed by atoms with van der Waals surface area (Å²) in [5.74, 6) is -0.259. The second-order valence-electron chi connectivity index (χ2n) is 4.31. The molecule has 0 aromatic heterocycles. The Kier molecular flexibility index (Phi) is 5.81. The number of rotatable bonds is 5. The SMILES string of the molecule is CN(C)C(=O)NCCNC(=O)C(N)c1ccccc1. The minimum absolute atomic E-state index is 0.193. The molecule has 1 aromatic rings. The molecule has 6 heteroatoms. The topological polar surface area (TPSA) is 87.5 Å². The van der Waals surface area contributed by atoms with Crippen molar-refractivity contribution in [2.45, 2.75) is 6.04 Å². The van der Waals surface area contributed by atoms with E-state index in [1.165, 1.54) is 4.90 Å². The normalized spacial score (nSPS) is 11.5. The standard InChI is InChI=1S/C13H20N4O2/c1-17(2)13(19)16-9-8-15-12(18)11(14)10-6-4-3-5-7-10/h3-7,11H,8-9,14H2,1-2H3,(H,15,18)(H,16,19). The highest BCUT2D eigenvalue weighted by Crippen LogP contribution is 2.08. The molecule has 1 unspecified atom stereocenters. The zero-order chi connectivity index (χ0) is 14.3. The average molecular weight is 264 g/mol. The third-order valence-electron chi connectivity index (χ3n) is 2.55. The maximum atomic E-state index is 11.8. The van der Waals surface area contributed by atoms with Crippen LogP contribution in [0.25, 0.3) is 0 Å². The van der Waals surface area contributed by atoms with Gasteiger partial charge in [0.1, 0.15) is 6.04 Å². The number of nitrogens with one attached hydrogen (secondary N) is 2. The fourth-order valence-electron chi connectivity index (χ4n) is 1.43. The van der Waals surface area contributed by atoms with Crippen LogP contribution in [0.4, 0.5) is 4.79 Å². The van der Waals surface area contributed by atoms with E-state index in [4.69, 9.17) is 5.73 Å². The van der Waals surface area contributed by atoms with Gasteiger partial charge in [0.25, 0.3) is 0 Å². The quantitative estimate of drug-likeness (QED) is 0.658. The Morgan fingerprint density at radius 1 is 1.16 bits per heavy atom. The first kappa shape index (κ1) is 15.0. The van der Waals surface area contributed by atoms with Crippen molar-refractivity contribution in [2.24, 2.45) is 5.73 Å². The van der Waals surface area contributed by atoms with Crippen LogP contribution in [-0.2, 0) is 4.79 Å². The summed E-state index contributed by atoms with van der Waals surface area (Å²) < 4.78 is 0. The molecule has 6 nitrogen and oxygen atoms in total. The summed E-state index contributed by atoms with van der Waals surface area (Å²) in [4.78, 5) is 24.4. The van der Waals surface area contributed by atoms with Crippen LogP contribution in [0, 0.1) is 0 Å². The van der Waals surface area contributed by atoms with E-state index in [1.807, 2.05) is 18.2 Å². The first-order valence-electron chi connectivity index (χ1n) is 6.05. The van der Waals surface area contributed by atoms with Gasteiger partial charge in [-0.15, -0.1) is 0 Å². The molecule has 19 heavy (non-hydrogen) atoms. The molecule has 0 aliphatic heterocycles. The van der Waals surface area contributed by atoms with E-state index < -0.39 is 6.04 Å². The molecule has 1 aromatic carbocycles. The van der Waals surface area contributed by atoms with E-state index >= 15 is 0 Å². The number of hydrogen-bond donors (Lipinski definition) is 3. The van der Waals surface area contributed by atoms with Gasteiger partial charge >= 0.3 is 6.03 Å². The predicted octanol–water partition coefficient (Wildman–Crippen LogP) is 0.0738. The summed E-state index contributed by atoms with van der Waals surface area (Å²) in [7, 11) is 3.30. The summed E-state index contributed by atoms with van der Waals surface area (Å²) in [5.41, 5.74) is 6.58. The van der Waals surface area contributed by atoms with Gasteiger partial charge in [-0.1, -0.05) is 30.3 Å². The van der Waals surface area contributed by atoms with Gasteiger partial charge in [-0.3, -0.25) is 4.79 Å². The largest absolute Gasteiger partial charge is 0.353 e. The van der Waals surface area contributed by atoms with Gasteiger partial charge in [0.05, 0.1) is 0 Å². The van der Waals surface area contributed by atoms with Crippen molar-refractivity contribution in [2.75, 3.05) is 27.2 Å². The molecule has 3 amide bonds. The Balaban J connectivity index is 2.30. The molecular formula is C13H20N4O2. The van der Waals surface area contributed by atoms with Crippen LogP contribution in [0.1, 0.15) is 11.6 Å². The molecule has 1 rings (SSSR count). The van der Waals surface area contributed by atoms with Gasteiger partial charge < -0.3 is 21.3 Å². The third kappa shape index (κ3) is 4.97. The highest BCUT2D eigenvalue weighted by atomic mass is 16.2. The van der Waals surface area contributed by atoms with Crippen LogP contribution in [0.15, 0.2) is 30.3 Å². The van der Waals surface area contributed by atoms with Crippen LogP contribution < -0.4 is 16.4 Å². The molecule has 1 atom stereocenters. The Morgan fingerprint density at radius 2 is 1.74 bits per heavy atom. The highest BCUT2D eigenvalue weighted by Gasteiger charge is 2.14. The van der Waals surface area contributed by atoms with E-state index in [1.54, 1.807) is 26.2 Å². The van der Waals surface area contributed by atoms with E-state index in [-0.39, 0.29) is 11.9 Å². The predicted molar refractivity (Wildman–Crippen MR) is 73.5 cm³/mol. The van der Waals surface area contributed by atoms with Crippen molar-refractivity contribution in [1.29, 1.82) is 0 Å². The average Bonchev–Trinajstić information content (AvgIpc) is 2.43. The van der Waals surface area contributed by atoms with Crippen molar-refractivity contribution in [1.82, 2.24) is 15.5 Å². The van der Waals surface area contributed by atoms with E-state index in [9.17, 15) is 9.59 Å². The first-order valence-corrected chi connectivity index (χ1v) is 6.05. The molecule has 0 fully saturated rings. The number of carbonyl (C=O) groups is 2. The fourth-order valence-corrected chi connectivity index (χ4v) is 1.43. The second kappa shape index (κ2) is 7.38. The Morgan fingerprint density at radius 3 is 2.32 bits per heavy atom. The smallest absolute Gasteiger partial charge is 0.316 e. The van der Waals surface area contributed by atoms with Gasteiger partial charge in [0.15, 0.2) is 0 Å². The van der Waals surface area contributed by atoms with Gasteiger partial charge in [-0.05, 0) is 5.56 Å². The van der Waals surface area contributed by atoms with E-state index in [0.717, 1.165) is 5.56 Å². The summed E-state index contributed by atoms with van der Waals surface area (Å²) in [6.45, 7) is 0.712. The molecule has 4 N–H and O–H groups in total. The number of carbonyl (C=O) groups excluding carboxylic acids is 2. The van der Waals surface area contributed by atoms with Gasteiger partial charge in [0.2, 0.25) is 5.91 Å². The molecule has 0 saturated heterocycles. The number of benzene rings is 1. The number of nitrogens with zero attached hydrogens (tertiary/aromatic N) is 1. The maximum absolute atomic E-state index is 11.8. The van der Waals surface area contributed by atoms with Crippen LogP contribution >= 0.6 is 0 Å². The zero-order valence-electron chi connectivity index (χ0n) is 11.2. The number of nitrogens with two attached hydrogens (primary N) is 1. The Labute approximate surface area is 113 Å². The van der Waals surface area contributed by atoms with Crippen molar-refractivity contribution in [3.63, 3.8) is 0 Å². The lowest BCUT2D eigenvalue weighted by Crippen LogP contribution is -2.41. The van der Waals surface area contributed by atoms with Crippen LogP contribution in [-0.4, -0.2) is 44.0 Å². The molecule has 0 aliphatic carbocycles. The zero-order valence-corrected chi connectivity index (χ0v) is 11.2. The number of amides is 3. The lowest BCUT2D eigenvalue weighted by molar-refractivity contribution is -0.122. The fraction of sp³-hybridized carbons (Fsp3) is 0.385. The number of urea groups is 1. The molecule has 0 aliphatic rings. The Bertz CT molecular complexity index is 420. The van der Waals surface area contributed by atoms with Crippen LogP contribution in [0.5, 0.6) is 0 Å². The van der Waals surface area contributed by atoms with Crippen molar-refractivity contribution >= 4 is 11.9 Å². The monoisotopic (exact) mass is 264 g/mol. The van der Waals surface area contributed by atoms with Crippen LogP contribution in [0.2, 0.25) is 0 Å². The third-order valence-corrected chi connectivity index (χ3v) is 2.55. The van der Waals surface area contributed by atoms with Crippen molar-refractivity contribution in [3.8, 4) is 0 Å². The Hall–Kier alpha value is -2.08. The highest BCUT2D eigenvalue weighted by molar-refractivity contribution is 5.83. The van der Waals surface area contributed by atoms with Gasteiger partial charge in [-0.2, -0.15) is 0 Å². The van der Waals surface area contributed by atoms with Gasteiger partial charge in [0, 0.05) is 27.2 Å². The first-order chi connectivity index (χ1) is 9.02. The molecular weight excluding hydrogens is 244 g/mol. The molecule has 104 valence electrons. The van der Waals surface area contributed by atoms with Crippen molar-refractivity contribution < 1.29 is 9.59 Å². The molecule has 0 heterocycles. The minimum Gasteiger partial charge on any atom is -0.353 e. The van der Waals surface area contributed by atoms with E-state index in [0.29, 0.717) is 13.1 Å². The molecule has 0 spiro atoms. The number of hydrogen-bond acceptors (Lipinski definition) is 3. The van der Waals surface area contributed by atoms with Crippen LogP contribution in [0.3, 0.4) is 0 Å². The lowest BCUT2D eigenvalue weighted by atomic mass is 10.1. The maximum Gasteiger partial charge on any atom is 0.316 e. The summed E-state index contributed by atoms with van der Waals surface area (Å²) in [6.07, 6.45) is 0. The summed E-state index contributed by atoms with van der Waals surface area (Å²) in [6, 6.07) is 8.26. The molecule has 0 saturated carbocycles. The molecule has 0 radical (unpaired) electrons. The summed E-state index contributed by atoms with van der Waals surface area (Å²) in [5, 5.41) is 5.33. The lowest BCUT2D eigenvalue weighted by Gasteiger charge is -2.14. The van der Waals surface area contributed by atoms with E-state index in [2.05, 4.69) is 10.6 Å². The molecule has 0 bridgehead atoms. The minimum atomic E-state index is -0.689. The van der Waals surface area contributed by atoms with Gasteiger partial charge in [-0.25, -0.2) is 4.79 Å². The summed E-state index contributed by atoms with van der Waals surface area (Å²) >= 11 is 0. The van der Waals surface area contributed by atoms with Crippen molar-refractivity contribution in [3.05, 3.63) is 35.9 Å². The second-order valence-corrected chi connectivity index (χ2v) is 4.31.